The van der Waals surface area contributed by atoms with Crippen molar-refractivity contribution < 1.29 is 22.8 Å². The molecule has 0 unspecified atom stereocenters. The fourth-order valence-electron chi connectivity index (χ4n) is 4.18. The Kier molecular flexibility index (Phi) is 7.10. The fourth-order valence-corrected chi connectivity index (χ4v) is 4.18. The lowest BCUT2D eigenvalue weighted by molar-refractivity contribution is -0.137. The SMILES string of the molecule is O=C(Cc1ccc(NC(=O)c2ccccc2-c2ccc(C(F)(F)F)cc2)cc1)Nc1ccc2ccccc2n1. The molecule has 39 heavy (non-hydrogen) atoms. The summed E-state index contributed by atoms with van der Waals surface area (Å²) in [4.78, 5) is 30.0. The van der Waals surface area contributed by atoms with Gasteiger partial charge in [-0.05, 0) is 65.2 Å². The van der Waals surface area contributed by atoms with E-state index in [1.807, 2.05) is 30.3 Å². The van der Waals surface area contributed by atoms with E-state index < -0.39 is 17.6 Å². The molecule has 0 bridgehead atoms. The molecule has 0 atom stereocenters. The lowest BCUT2D eigenvalue weighted by Crippen LogP contribution is -2.15. The van der Waals surface area contributed by atoms with E-state index in [1.165, 1.54) is 12.1 Å². The van der Waals surface area contributed by atoms with Gasteiger partial charge in [-0.3, -0.25) is 9.59 Å². The van der Waals surface area contributed by atoms with Crippen LogP contribution in [0.25, 0.3) is 22.0 Å². The van der Waals surface area contributed by atoms with Crippen molar-refractivity contribution >= 4 is 34.2 Å². The average molecular weight is 526 g/mol. The number of carbonyl (C=O) groups excluding carboxylic acids is 2. The highest BCUT2D eigenvalue weighted by Crippen LogP contribution is 2.32. The standard InChI is InChI=1S/C31H22F3N3O2/c32-31(33,34)23-14-11-21(12-15-23)25-6-2-3-7-26(25)30(39)35-24-16-9-20(10-17-24)19-29(38)37-28-18-13-22-5-1-4-8-27(22)36-28/h1-18H,19H2,(H,35,39)(H,36,37,38). The second-order valence-electron chi connectivity index (χ2n) is 8.89. The van der Waals surface area contributed by atoms with Crippen LogP contribution in [0.1, 0.15) is 21.5 Å². The molecule has 8 heteroatoms. The summed E-state index contributed by atoms with van der Waals surface area (Å²) in [6.07, 6.45) is -4.31. The van der Waals surface area contributed by atoms with Crippen LogP contribution in [0.15, 0.2) is 109 Å². The van der Waals surface area contributed by atoms with Crippen LogP contribution in [0, 0.1) is 0 Å². The Hall–Kier alpha value is -4.98. The molecule has 1 heterocycles. The number of fused-ring (bicyclic) bond motifs is 1. The van der Waals surface area contributed by atoms with Crippen LogP contribution in [0.4, 0.5) is 24.7 Å². The zero-order chi connectivity index (χ0) is 27.4. The number of rotatable bonds is 6. The van der Waals surface area contributed by atoms with Gasteiger partial charge >= 0.3 is 6.18 Å². The maximum Gasteiger partial charge on any atom is 0.416 e. The molecule has 0 aliphatic heterocycles. The molecule has 5 nitrogen and oxygen atoms in total. The molecule has 0 radical (unpaired) electrons. The zero-order valence-electron chi connectivity index (χ0n) is 20.5. The van der Waals surface area contributed by atoms with Gasteiger partial charge in [0.2, 0.25) is 5.91 Å². The van der Waals surface area contributed by atoms with Gasteiger partial charge in [-0.15, -0.1) is 0 Å². The fraction of sp³-hybridized carbons (Fsp3) is 0.0645. The Morgan fingerprint density at radius 1 is 0.718 bits per heavy atom. The summed E-state index contributed by atoms with van der Waals surface area (Å²) in [6.45, 7) is 0. The van der Waals surface area contributed by atoms with Gasteiger partial charge in [0.1, 0.15) is 5.82 Å². The summed E-state index contributed by atoms with van der Waals surface area (Å²) in [5, 5.41) is 6.60. The molecular formula is C31H22F3N3O2. The summed E-state index contributed by atoms with van der Waals surface area (Å²) in [5.41, 5.74) is 2.63. The van der Waals surface area contributed by atoms with Gasteiger partial charge < -0.3 is 10.6 Å². The summed E-state index contributed by atoms with van der Waals surface area (Å²) >= 11 is 0. The van der Waals surface area contributed by atoms with Crippen molar-refractivity contribution in [3.63, 3.8) is 0 Å². The third kappa shape index (κ3) is 6.13. The number of anilines is 2. The van der Waals surface area contributed by atoms with Crippen molar-refractivity contribution in [2.75, 3.05) is 10.6 Å². The molecular weight excluding hydrogens is 503 g/mol. The van der Waals surface area contributed by atoms with Crippen LogP contribution < -0.4 is 10.6 Å². The Morgan fingerprint density at radius 3 is 2.15 bits per heavy atom. The van der Waals surface area contributed by atoms with Crippen LogP contribution in [-0.4, -0.2) is 16.8 Å². The highest BCUT2D eigenvalue weighted by Gasteiger charge is 2.30. The van der Waals surface area contributed by atoms with Crippen LogP contribution in [0.3, 0.4) is 0 Å². The van der Waals surface area contributed by atoms with Crippen LogP contribution >= 0.6 is 0 Å². The molecule has 0 spiro atoms. The highest BCUT2D eigenvalue weighted by atomic mass is 19.4. The molecule has 0 saturated carbocycles. The summed E-state index contributed by atoms with van der Waals surface area (Å²) < 4.78 is 38.8. The molecule has 5 rings (SSSR count). The Bertz CT molecular complexity index is 1650. The van der Waals surface area contributed by atoms with Crippen LogP contribution in [0.2, 0.25) is 0 Å². The Morgan fingerprint density at radius 2 is 1.41 bits per heavy atom. The monoisotopic (exact) mass is 525 g/mol. The highest BCUT2D eigenvalue weighted by molar-refractivity contribution is 6.08. The minimum Gasteiger partial charge on any atom is -0.322 e. The van der Waals surface area contributed by atoms with E-state index in [9.17, 15) is 22.8 Å². The summed E-state index contributed by atoms with van der Waals surface area (Å²) in [6, 6.07) is 29.5. The minimum atomic E-state index is -4.43. The van der Waals surface area contributed by atoms with E-state index in [0.29, 0.717) is 28.2 Å². The third-order valence-corrected chi connectivity index (χ3v) is 6.14. The molecule has 194 valence electrons. The quantitative estimate of drug-likeness (QED) is 0.243. The van der Waals surface area contributed by atoms with E-state index >= 15 is 0 Å². The number of carbonyl (C=O) groups is 2. The predicted molar refractivity (Wildman–Crippen MR) is 145 cm³/mol. The number of benzene rings is 4. The number of nitrogens with one attached hydrogen (secondary N) is 2. The lowest BCUT2D eigenvalue weighted by atomic mass is 9.98. The third-order valence-electron chi connectivity index (χ3n) is 6.14. The van der Waals surface area contributed by atoms with Crippen LogP contribution in [0.5, 0.6) is 0 Å². The summed E-state index contributed by atoms with van der Waals surface area (Å²) in [5.74, 6) is -0.160. The maximum atomic E-state index is 13.0. The molecule has 0 fully saturated rings. The molecule has 2 N–H and O–H groups in total. The first-order valence-corrected chi connectivity index (χ1v) is 12.1. The number of halogens is 3. The second kappa shape index (κ2) is 10.8. The van der Waals surface area contributed by atoms with E-state index in [2.05, 4.69) is 15.6 Å². The van der Waals surface area contributed by atoms with Crippen molar-refractivity contribution in [2.45, 2.75) is 12.6 Å². The summed E-state index contributed by atoms with van der Waals surface area (Å²) in [7, 11) is 0. The smallest absolute Gasteiger partial charge is 0.322 e. The first-order chi connectivity index (χ1) is 18.8. The van der Waals surface area contributed by atoms with Gasteiger partial charge in [-0.1, -0.05) is 60.7 Å². The lowest BCUT2D eigenvalue weighted by Gasteiger charge is -2.12. The van der Waals surface area contributed by atoms with E-state index in [-0.39, 0.29) is 12.3 Å². The number of para-hydroxylation sites is 1. The number of pyridine rings is 1. The first-order valence-electron chi connectivity index (χ1n) is 12.1. The van der Waals surface area contributed by atoms with Gasteiger partial charge in [-0.2, -0.15) is 13.2 Å². The number of hydrogen-bond donors (Lipinski definition) is 2. The molecule has 0 aliphatic carbocycles. The van der Waals surface area contributed by atoms with E-state index in [1.54, 1.807) is 54.6 Å². The number of aromatic nitrogens is 1. The molecule has 0 aliphatic rings. The number of hydrogen-bond acceptors (Lipinski definition) is 3. The largest absolute Gasteiger partial charge is 0.416 e. The van der Waals surface area contributed by atoms with Crippen molar-refractivity contribution in [1.29, 1.82) is 0 Å². The molecule has 2 amide bonds. The zero-order valence-corrected chi connectivity index (χ0v) is 20.5. The van der Waals surface area contributed by atoms with E-state index in [4.69, 9.17) is 0 Å². The van der Waals surface area contributed by atoms with Crippen LogP contribution in [-0.2, 0) is 17.4 Å². The first kappa shape index (κ1) is 25.7. The topological polar surface area (TPSA) is 71.1 Å². The van der Waals surface area contributed by atoms with Crippen molar-refractivity contribution in [3.05, 3.63) is 126 Å². The Balaban J connectivity index is 1.23. The predicted octanol–water partition coefficient (Wildman–Crippen LogP) is 7.35. The molecule has 0 saturated heterocycles. The van der Waals surface area contributed by atoms with Crippen molar-refractivity contribution in [3.8, 4) is 11.1 Å². The van der Waals surface area contributed by atoms with Gasteiger partial charge in [0.15, 0.2) is 0 Å². The number of nitrogens with zero attached hydrogens (tertiary/aromatic N) is 1. The van der Waals surface area contributed by atoms with Crippen molar-refractivity contribution in [1.82, 2.24) is 4.98 Å². The van der Waals surface area contributed by atoms with Gasteiger partial charge in [0.05, 0.1) is 17.5 Å². The normalized spacial score (nSPS) is 11.3. The molecule has 5 aromatic rings. The second-order valence-corrected chi connectivity index (χ2v) is 8.89. The van der Waals surface area contributed by atoms with Gasteiger partial charge in [-0.25, -0.2) is 4.98 Å². The number of amides is 2. The maximum absolute atomic E-state index is 13.0. The molecule has 1 aromatic heterocycles. The number of alkyl halides is 3. The van der Waals surface area contributed by atoms with E-state index in [0.717, 1.165) is 28.6 Å². The average Bonchev–Trinajstić information content (AvgIpc) is 2.93. The van der Waals surface area contributed by atoms with Gasteiger partial charge in [0, 0.05) is 16.6 Å². The van der Waals surface area contributed by atoms with Crippen molar-refractivity contribution in [2.24, 2.45) is 0 Å². The van der Waals surface area contributed by atoms with Gasteiger partial charge in [0.25, 0.3) is 5.91 Å². The minimum absolute atomic E-state index is 0.124. The Labute approximate surface area is 222 Å². The molecule has 4 aromatic carbocycles.